The molecule has 1 saturated heterocycles. The first-order chi connectivity index (χ1) is 23.5. The topological polar surface area (TPSA) is 276 Å². The van der Waals surface area contributed by atoms with E-state index in [0.717, 1.165) is 12.1 Å². The van der Waals surface area contributed by atoms with Crippen LogP contribution >= 0.6 is 0 Å². The van der Waals surface area contributed by atoms with Gasteiger partial charge in [-0.1, -0.05) is 6.07 Å². The normalized spacial score (nSPS) is 25.9. The zero-order valence-corrected chi connectivity index (χ0v) is 27.0. The van der Waals surface area contributed by atoms with Crippen LogP contribution in [0.1, 0.15) is 84.9 Å². The third kappa shape index (κ3) is 5.15. The third-order valence-corrected chi connectivity index (χ3v) is 9.43. The number of benzene rings is 3. The van der Waals surface area contributed by atoms with Crippen LogP contribution in [0.5, 0.6) is 23.0 Å². The lowest BCUT2D eigenvalue weighted by molar-refractivity contribution is -0.293. The molecule has 10 N–H and O–H groups in total. The number of aliphatic carboxylic acids is 1. The number of aliphatic hydroxyl groups excluding tert-OH is 3. The molecule has 16 heteroatoms. The van der Waals surface area contributed by atoms with Crippen molar-refractivity contribution in [3.05, 3.63) is 68.8 Å². The molecule has 3 aliphatic rings. The van der Waals surface area contributed by atoms with Gasteiger partial charge in [0.25, 0.3) is 5.91 Å². The van der Waals surface area contributed by atoms with Crippen LogP contribution in [0.3, 0.4) is 0 Å². The van der Waals surface area contributed by atoms with Gasteiger partial charge in [-0.15, -0.1) is 0 Å². The maximum absolute atomic E-state index is 13.9. The zero-order chi connectivity index (χ0) is 36.7. The Kier molecular flexibility index (Phi) is 8.58. The van der Waals surface area contributed by atoms with Gasteiger partial charge in [0, 0.05) is 28.3 Å². The Morgan fingerprint density at radius 1 is 0.900 bits per heavy atom. The fourth-order valence-corrected chi connectivity index (χ4v) is 6.72. The highest BCUT2D eigenvalue weighted by Crippen LogP contribution is 2.57. The van der Waals surface area contributed by atoms with Crippen molar-refractivity contribution in [2.45, 2.75) is 69.7 Å². The fraction of sp³-hybridized carbons (Fsp3) is 0.353. The van der Waals surface area contributed by atoms with Crippen LogP contribution in [0.4, 0.5) is 0 Å². The van der Waals surface area contributed by atoms with Crippen LogP contribution in [-0.4, -0.2) is 103 Å². The number of nitrogens with one attached hydrogen (secondary N) is 1. The molecule has 2 unspecified atom stereocenters. The lowest BCUT2D eigenvalue weighted by atomic mass is 9.74. The van der Waals surface area contributed by atoms with Crippen molar-refractivity contribution in [1.29, 1.82) is 0 Å². The number of hydrogen-bond acceptors (Lipinski definition) is 14. The Balaban J connectivity index is 1.60. The zero-order valence-electron chi connectivity index (χ0n) is 27.0. The van der Waals surface area contributed by atoms with E-state index in [9.17, 15) is 54.9 Å². The van der Waals surface area contributed by atoms with Crippen molar-refractivity contribution >= 4 is 23.4 Å². The number of fused-ring (bicyclic) bond motifs is 5. The van der Waals surface area contributed by atoms with Crippen LogP contribution in [0, 0.1) is 6.92 Å². The number of aromatic hydroxyl groups is 3. The van der Waals surface area contributed by atoms with Gasteiger partial charge in [0.2, 0.25) is 0 Å². The van der Waals surface area contributed by atoms with E-state index in [2.05, 4.69) is 5.32 Å². The standard InChI is InChI=1S/C34H34N2O14/c1-9-5-16-21(27(41)18(9)32(45)36-10(2)33(46)47)20-14(26(40)31(16)50-34-30(44)29(43)23(35)11(3)49-34)8-15-22(28(20)42)25(39)13-6-12(48-4)7-17(37)19(13)24(15)38/h5-8,10-11,23,26,29-31,34,37,40-44H,35H2,1-4H3,(H,36,45)(H,46,47)/t10-,11-,23+,26?,29+,30-,31?,34+/m1/s1. The number of carbonyl (C=O) groups is 4. The van der Waals surface area contributed by atoms with Crippen molar-refractivity contribution in [3.63, 3.8) is 0 Å². The van der Waals surface area contributed by atoms with Gasteiger partial charge in [-0.05, 0) is 49.6 Å². The van der Waals surface area contributed by atoms with Crippen LogP contribution in [-0.2, 0) is 14.3 Å². The number of aryl methyl sites for hydroxylation is 1. The average molecular weight is 695 g/mol. The summed E-state index contributed by atoms with van der Waals surface area (Å²) in [6.45, 7) is 4.12. The minimum atomic E-state index is -1.81. The monoisotopic (exact) mass is 694 g/mol. The van der Waals surface area contributed by atoms with E-state index in [1.165, 1.54) is 40.0 Å². The molecule has 264 valence electrons. The van der Waals surface area contributed by atoms with E-state index in [1.807, 2.05) is 0 Å². The van der Waals surface area contributed by atoms with Crippen LogP contribution in [0.15, 0.2) is 24.3 Å². The number of carboxylic acid groups (broad SMARTS) is 1. The number of nitrogens with two attached hydrogens (primary N) is 1. The van der Waals surface area contributed by atoms with Gasteiger partial charge in [-0.2, -0.15) is 0 Å². The molecule has 0 saturated carbocycles. The van der Waals surface area contributed by atoms with Gasteiger partial charge in [0.15, 0.2) is 17.9 Å². The molecular formula is C34H34N2O14. The highest BCUT2D eigenvalue weighted by atomic mass is 16.7. The first-order valence-corrected chi connectivity index (χ1v) is 15.4. The summed E-state index contributed by atoms with van der Waals surface area (Å²) in [5, 5.41) is 79.1. The fourth-order valence-electron chi connectivity index (χ4n) is 6.72. The second kappa shape index (κ2) is 12.3. The summed E-state index contributed by atoms with van der Waals surface area (Å²) >= 11 is 0. The van der Waals surface area contributed by atoms with Crippen molar-refractivity contribution < 1.29 is 69.1 Å². The number of carboxylic acids is 1. The molecule has 3 aromatic rings. The molecule has 0 spiro atoms. The maximum Gasteiger partial charge on any atom is 0.325 e. The van der Waals surface area contributed by atoms with Crippen LogP contribution in [0.2, 0.25) is 0 Å². The minimum Gasteiger partial charge on any atom is -0.507 e. The number of phenols is 3. The van der Waals surface area contributed by atoms with E-state index in [0.29, 0.717) is 0 Å². The number of hydrogen-bond donors (Lipinski definition) is 9. The van der Waals surface area contributed by atoms with Gasteiger partial charge < -0.3 is 61.0 Å². The first kappa shape index (κ1) is 34.8. The number of phenolic OH excluding ortho intramolecular Hbond substituents is 3. The minimum absolute atomic E-state index is 0.0379. The molecule has 2 aliphatic carbocycles. The maximum atomic E-state index is 13.9. The van der Waals surface area contributed by atoms with Crippen LogP contribution in [0.25, 0.3) is 11.1 Å². The van der Waals surface area contributed by atoms with Crippen molar-refractivity contribution in [2.24, 2.45) is 5.73 Å². The van der Waals surface area contributed by atoms with Crippen molar-refractivity contribution in [1.82, 2.24) is 5.32 Å². The van der Waals surface area contributed by atoms with E-state index in [4.69, 9.17) is 19.9 Å². The first-order valence-electron chi connectivity index (χ1n) is 15.4. The summed E-state index contributed by atoms with van der Waals surface area (Å²) in [5.41, 5.74) is 2.92. The molecule has 1 aliphatic heterocycles. The summed E-state index contributed by atoms with van der Waals surface area (Å²) in [5.74, 6) is -6.39. The summed E-state index contributed by atoms with van der Waals surface area (Å²) in [4.78, 5) is 52.5. The van der Waals surface area contributed by atoms with Gasteiger partial charge in [0.1, 0.15) is 53.5 Å². The summed E-state index contributed by atoms with van der Waals surface area (Å²) < 4.78 is 16.9. The molecule has 50 heavy (non-hydrogen) atoms. The van der Waals surface area contributed by atoms with E-state index >= 15 is 0 Å². The molecule has 1 amide bonds. The number of amides is 1. The summed E-state index contributed by atoms with van der Waals surface area (Å²) in [6.07, 6.45) is -9.07. The molecule has 0 radical (unpaired) electrons. The SMILES string of the molecule is COc1cc(O)c2c(c1)C(=O)c1c(cc3c(c1O)-c1c(cc(C)c(C(=O)N[C@H](C)C(=O)O)c1O)C(O[C@@H]1O[C@H](C)[C@H](N)[C@H](O)[C@H]1O)C3O)C2=O. The number of carbonyl (C=O) groups excluding carboxylic acids is 3. The highest BCUT2D eigenvalue weighted by molar-refractivity contribution is 6.31. The Morgan fingerprint density at radius 3 is 2.16 bits per heavy atom. The van der Waals surface area contributed by atoms with Gasteiger partial charge in [-0.25, -0.2) is 0 Å². The summed E-state index contributed by atoms with van der Waals surface area (Å²) in [7, 11) is 1.28. The predicted octanol–water partition coefficient (Wildman–Crippen LogP) is 0.664. The smallest absolute Gasteiger partial charge is 0.325 e. The second-order valence-corrected chi connectivity index (χ2v) is 12.5. The van der Waals surface area contributed by atoms with E-state index in [-0.39, 0.29) is 44.7 Å². The molecule has 0 aromatic heterocycles. The molecule has 8 atom stereocenters. The number of rotatable bonds is 6. The largest absolute Gasteiger partial charge is 0.507 e. The highest BCUT2D eigenvalue weighted by Gasteiger charge is 2.48. The van der Waals surface area contributed by atoms with E-state index in [1.54, 1.807) is 0 Å². The van der Waals surface area contributed by atoms with Gasteiger partial charge in [-0.3, -0.25) is 19.2 Å². The Morgan fingerprint density at radius 2 is 1.52 bits per heavy atom. The van der Waals surface area contributed by atoms with Crippen LogP contribution < -0.4 is 15.8 Å². The van der Waals surface area contributed by atoms with Gasteiger partial charge in [0.05, 0.1) is 35.9 Å². The Bertz CT molecular complexity index is 1990. The molecule has 3 aromatic carbocycles. The lowest BCUT2D eigenvalue weighted by Gasteiger charge is -2.43. The predicted molar refractivity (Wildman–Crippen MR) is 169 cm³/mol. The number of methoxy groups -OCH3 is 1. The Labute approximate surface area is 283 Å². The molecule has 1 fully saturated rings. The van der Waals surface area contributed by atoms with Crippen molar-refractivity contribution in [3.8, 4) is 34.1 Å². The molecule has 1 heterocycles. The van der Waals surface area contributed by atoms with E-state index < -0.39 is 106 Å². The third-order valence-electron chi connectivity index (χ3n) is 9.43. The molecule has 6 rings (SSSR count). The number of aliphatic hydroxyl groups is 3. The van der Waals surface area contributed by atoms with Crippen molar-refractivity contribution in [2.75, 3.05) is 7.11 Å². The molecular weight excluding hydrogens is 660 g/mol. The molecule has 16 nitrogen and oxygen atoms in total. The lowest BCUT2D eigenvalue weighted by Crippen LogP contribution is -2.61. The number of ether oxygens (including phenoxy) is 3. The summed E-state index contributed by atoms with van der Waals surface area (Å²) in [6, 6.07) is 2.34. The Hall–Kier alpha value is -5.10. The molecule has 0 bridgehead atoms. The second-order valence-electron chi connectivity index (χ2n) is 12.5. The number of ketones is 2. The quantitative estimate of drug-likeness (QED) is 0.134. The van der Waals surface area contributed by atoms with Gasteiger partial charge >= 0.3 is 5.97 Å². The average Bonchev–Trinajstić information content (AvgIpc) is 3.06.